The van der Waals surface area contributed by atoms with Crippen LogP contribution in [0.2, 0.25) is 0 Å². The van der Waals surface area contributed by atoms with Crippen LogP contribution in [0.15, 0.2) is 35.9 Å². The monoisotopic (exact) mass is 784 g/mol. The fraction of sp³-hybridized carbons (Fsp3) is 0.800. The number of ether oxygens (including phenoxy) is 10. The third-order valence-electron chi connectivity index (χ3n) is 14.5. The van der Waals surface area contributed by atoms with Gasteiger partial charge in [-0.25, -0.2) is 4.79 Å². The predicted octanol–water partition coefficient (Wildman–Crippen LogP) is 8.08. The Balaban J connectivity index is 1.03. The van der Waals surface area contributed by atoms with E-state index in [9.17, 15) is 4.79 Å². The zero-order valence-electron chi connectivity index (χ0n) is 35.7. The van der Waals surface area contributed by atoms with E-state index in [1.165, 1.54) is 7.11 Å². The number of carbonyl (C=O) groups excluding carboxylic acids is 1. The summed E-state index contributed by atoms with van der Waals surface area (Å²) in [5.41, 5.74) is 0.552. The number of hydrogen-bond acceptors (Lipinski definition) is 11. The van der Waals surface area contributed by atoms with Gasteiger partial charge in [0.05, 0.1) is 62.0 Å². The molecule has 1 aromatic rings. The molecule has 6 fully saturated rings. The lowest BCUT2D eigenvalue weighted by atomic mass is 9.80. The van der Waals surface area contributed by atoms with Crippen molar-refractivity contribution in [2.45, 2.75) is 172 Å². The first-order valence-electron chi connectivity index (χ1n) is 21.2. The molecule has 0 unspecified atom stereocenters. The molecule has 0 bridgehead atoms. The van der Waals surface area contributed by atoms with Crippen molar-refractivity contribution in [1.29, 1.82) is 0 Å². The summed E-state index contributed by atoms with van der Waals surface area (Å²) in [6.07, 6.45) is 7.54. The Labute approximate surface area is 334 Å². The smallest absolute Gasteiger partial charge is 0.333 e. The van der Waals surface area contributed by atoms with E-state index in [1.54, 1.807) is 21.1 Å². The zero-order valence-corrected chi connectivity index (χ0v) is 35.7. The van der Waals surface area contributed by atoms with Crippen LogP contribution >= 0.6 is 0 Å². The quantitative estimate of drug-likeness (QED) is 0.170. The topological polar surface area (TPSA) is 109 Å². The summed E-state index contributed by atoms with van der Waals surface area (Å²) in [5.74, 6) is -0.345. The van der Waals surface area contributed by atoms with Gasteiger partial charge in [0.1, 0.15) is 12.4 Å². The Kier molecular flexibility index (Phi) is 12.1. The van der Waals surface area contributed by atoms with Crippen LogP contribution in [-0.2, 0) is 47.4 Å². The zero-order chi connectivity index (χ0) is 40.2. The van der Waals surface area contributed by atoms with Crippen molar-refractivity contribution < 1.29 is 52.2 Å². The molecule has 6 aliphatic rings. The maximum Gasteiger partial charge on any atom is 0.333 e. The maximum atomic E-state index is 12.2. The molecule has 314 valence electrons. The van der Waals surface area contributed by atoms with Gasteiger partial charge in [-0.3, -0.25) is 0 Å². The molecule has 11 heteroatoms. The Morgan fingerprint density at radius 2 is 1.71 bits per heavy atom. The number of hydrogen-bond donors (Lipinski definition) is 0. The van der Waals surface area contributed by atoms with Crippen LogP contribution in [0.4, 0.5) is 0 Å². The minimum atomic E-state index is -0.831. The summed E-state index contributed by atoms with van der Waals surface area (Å²) >= 11 is 0. The van der Waals surface area contributed by atoms with Crippen LogP contribution in [-0.4, -0.2) is 93.3 Å². The lowest BCUT2D eigenvalue weighted by molar-refractivity contribution is -0.332. The summed E-state index contributed by atoms with van der Waals surface area (Å²) in [5, 5.41) is 0. The number of methoxy groups -OCH3 is 3. The van der Waals surface area contributed by atoms with Gasteiger partial charge in [0.2, 0.25) is 0 Å². The van der Waals surface area contributed by atoms with Crippen molar-refractivity contribution >= 4 is 5.97 Å². The third kappa shape index (κ3) is 7.62. The predicted molar refractivity (Wildman–Crippen MR) is 209 cm³/mol. The lowest BCUT2D eigenvalue weighted by Crippen LogP contribution is -2.55. The van der Waals surface area contributed by atoms with E-state index in [-0.39, 0.29) is 66.3 Å². The fourth-order valence-corrected chi connectivity index (χ4v) is 11.2. The van der Waals surface area contributed by atoms with E-state index >= 15 is 0 Å². The van der Waals surface area contributed by atoms with Gasteiger partial charge in [0, 0.05) is 48.8 Å². The van der Waals surface area contributed by atoms with E-state index in [0.717, 1.165) is 56.3 Å². The van der Waals surface area contributed by atoms with Gasteiger partial charge < -0.3 is 47.4 Å². The van der Waals surface area contributed by atoms with Crippen LogP contribution in [0, 0.1) is 29.6 Å². The first-order chi connectivity index (χ1) is 26.6. The lowest BCUT2D eigenvalue weighted by Gasteiger charge is -2.48. The number of carbonyl (C=O) groups is 1. The number of rotatable bonds is 10. The van der Waals surface area contributed by atoms with Crippen LogP contribution in [0.1, 0.15) is 119 Å². The standard InChI is InChI=1S/C45H68O11/c1-12-43(18-17-36(52-43)42(8)19-20-44(56-42)24-35(48-10)31(7)37(53-44)26(2)21-29(5)40(46)49-11)39-28(4)23-34(51-39)38-27(3)22-30(6)45(54-38)25-50-41(55-45)32-13-15-33(47-9)16-14-32/h13-16,21,26-28,30-31,34-39,41H,12,17-20,22-25H2,1-11H3/b29-21+/t26-,27-,28-,30+,31+,34-,35-,36+,37+,38-,39+,41+,42+,43-,44+,45+/m0/s1. The highest BCUT2D eigenvalue weighted by Gasteiger charge is 2.62. The van der Waals surface area contributed by atoms with Crippen LogP contribution in [0.5, 0.6) is 5.75 Å². The van der Waals surface area contributed by atoms with Crippen molar-refractivity contribution in [1.82, 2.24) is 0 Å². The Morgan fingerprint density at radius 1 is 0.964 bits per heavy atom. The van der Waals surface area contributed by atoms with Gasteiger partial charge in [-0.15, -0.1) is 0 Å². The SMILES string of the molecule is CC[C@@]1([C@@H]2O[C@H]([C@H]3O[C@@]4(CO[C@@H](c5ccc(OC)cc5)O4)[C@H](C)C[C@@H]3C)C[C@@H]2C)CC[C@H]([C@@]2(C)CC[C@]3(C[C@H](OC)[C@@H](C)[C@@H]([C@@H](C)/C=C(\C)C(=O)OC)O3)O2)O1. The second-order valence-electron chi connectivity index (χ2n) is 18.4. The maximum absolute atomic E-state index is 12.2. The highest BCUT2D eigenvalue weighted by molar-refractivity contribution is 5.87. The second kappa shape index (κ2) is 16.2. The van der Waals surface area contributed by atoms with Gasteiger partial charge >= 0.3 is 5.97 Å². The summed E-state index contributed by atoms with van der Waals surface area (Å²) < 4.78 is 64.9. The van der Waals surface area contributed by atoms with Crippen molar-refractivity contribution in [2.24, 2.45) is 29.6 Å². The Hall–Kier alpha value is -2.09. The largest absolute Gasteiger partial charge is 0.497 e. The summed E-state index contributed by atoms with van der Waals surface area (Å²) in [6.45, 7) is 17.6. The molecule has 0 saturated carbocycles. The molecular formula is C45H68O11. The van der Waals surface area contributed by atoms with Gasteiger partial charge in [0.25, 0.3) is 0 Å². The van der Waals surface area contributed by atoms with Crippen molar-refractivity contribution in [3.63, 3.8) is 0 Å². The number of esters is 1. The van der Waals surface area contributed by atoms with Gasteiger partial charge in [-0.1, -0.05) is 59.8 Å². The first kappa shape index (κ1) is 42.0. The van der Waals surface area contributed by atoms with Crippen LogP contribution < -0.4 is 4.74 Å². The van der Waals surface area contributed by atoms with Gasteiger partial charge in [-0.05, 0) is 76.3 Å². The average Bonchev–Trinajstić information content (AvgIpc) is 3.99. The molecule has 6 heterocycles. The molecule has 16 atom stereocenters. The molecule has 0 N–H and O–H groups in total. The van der Waals surface area contributed by atoms with Crippen molar-refractivity contribution in [2.75, 3.05) is 27.9 Å². The highest BCUT2D eigenvalue weighted by Crippen LogP contribution is 2.55. The Morgan fingerprint density at radius 3 is 2.39 bits per heavy atom. The molecular weight excluding hydrogens is 716 g/mol. The third-order valence-corrected chi connectivity index (χ3v) is 14.5. The van der Waals surface area contributed by atoms with E-state index in [0.29, 0.717) is 24.5 Å². The highest BCUT2D eigenvalue weighted by atomic mass is 16.8. The molecule has 0 amide bonds. The molecule has 0 radical (unpaired) electrons. The molecule has 11 nitrogen and oxygen atoms in total. The average molecular weight is 785 g/mol. The van der Waals surface area contributed by atoms with E-state index < -0.39 is 29.1 Å². The summed E-state index contributed by atoms with van der Waals surface area (Å²) in [4.78, 5) is 12.2. The van der Waals surface area contributed by atoms with Crippen molar-refractivity contribution in [3.8, 4) is 5.75 Å². The summed E-state index contributed by atoms with van der Waals surface area (Å²) in [6, 6.07) is 7.84. The van der Waals surface area contributed by atoms with Crippen molar-refractivity contribution in [3.05, 3.63) is 41.5 Å². The molecule has 0 aromatic heterocycles. The Bertz CT molecular complexity index is 1570. The van der Waals surface area contributed by atoms with Gasteiger partial charge in [-0.2, -0.15) is 0 Å². The van der Waals surface area contributed by atoms with E-state index in [2.05, 4.69) is 48.5 Å². The molecule has 1 aromatic carbocycles. The normalized spacial score (nSPS) is 46.1. The van der Waals surface area contributed by atoms with E-state index in [4.69, 9.17) is 47.4 Å². The molecule has 0 aliphatic carbocycles. The first-order valence-corrected chi connectivity index (χ1v) is 21.2. The summed E-state index contributed by atoms with van der Waals surface area (Å²) in [7, 11) is 4.84. The fourth-order valence-electron chi connectivity index (χ4n) is 11.2. The molecule has 56 heavy (non-hydrogen) atoms. The minimum Gasteiger partial charge on any atom is -0.497 e. The van der Waals surface area contributed by atoms with E-state index in [1.807, 2.05) is 30.3 Å². The minimum absolute atomic E-state index is 0.0459. The van der Waals surface area contributed by atoms with Crippen LogP contribution in [0.3, 0.4) is 0 Å². The molecule has 6 aliphatic heterocycles. The van der Waals surface area contributed by atoms with Gasteiger partial charge in [0.15, 0.2) is 17.9 Å². The molecule has 7 rings (SSSR count). The molecule has 6 saturated heterocycles. The molecule has 2 spiro atoms. The number of benzene rings is 1. The van der Waals surface area contributed by atoms with Crippen LogP contribution in [0.25, 0.3) is 0 Å². The second-order valence-corrected chi connectivity index (χ2v) is 18.4.